The average molecular weight is 329 g/mol. The zero-order valence-electron chi connectivity index (χ0n) is 12.4. The Morgan fingerprint density at radius 2 is 2.09 bits per heavy atom. The molecular formula is C15H18F3N3S. The summed E-state index contributed by atoms with van der Waals surface area (Å²) in [6.07, 6.45) is -0.262. The quantitative estimate of drug-likeness (QED) is 0.816. The highest BCUT2D eigenvalue weighted by Crippen LogP contribution is 2.34. The van der Waals surface area contributed by atoms with E-state index < -0.39 is 12.6 Å². The Kier molecular flexibility index (Phi) is 4.25. The monoisotopic (exact) mass is 329 g/mol. The summed E-state index contributed by atoms with van der Waals surface area (Å²) in [5, 5.41) is 0.751. The van der Waals surface area contributed by atoms with E-state index in [-0.39, 0.29) is 0 Å². The Balaban J connectivity index is 1.92. The maximum Gasteiger partial charge on any atom is 0.393 e. The van der Waals surface area contributed by atoms with Crippen molar-refractivity contribution in [1.29, 1.82) is 0 Å². The van der Waals surface area contributed by atoms with Crippen LogP contribution in [0.4, 0.5) is 19.0 Å². The van der Waals surface area contributed by atoms with E-state index in [1.807, 2.05) is 0 Å². The second kappa shape index (κ2) is 6.02. The van der Waals surface area contributed by atoms with Crippen LogP contribution in [0, 0.1) is 5.92 Å². The molecule has 0 bridgehead atoms. The number of hydrogen-bond acceptors (Lipinski definition) is 4. The molecule has 0 radical (unpaired) electrons. The smallest absolute Gasteiger partial charge is 0.356 e. The normalized spacial score (nSPS) is 20.4. The van der Waals surface area contributed by atoms with E-state index in [1.54, 1.807) is 6.07 Å². The fraction of sp³-hybridized carbons (Fsp3) is 0.600. The molecule has 1 fully saturated rings. The molecule has 0 aromatic carbocycles. The minimum Gasteiger partial charge on any atom is -0.356 e. The van der Waals surface area contributed by atoms with Crippen molar-refractivity contribution in [1.82, 2.24) is 9.97 Å². The van der Waals surface area contributed by atoms with Crippen molar-refractivity contribution >= 4 is 27.4 Å². The molecule has 0 saturated carbocycles. The summed E-state index contributed by atoms with van der Waals surface area (Å²) in [5.74, 6) is 1.47. The molecule has 3 rings (SSSR count). The minimum absolute atomic E-state index is 0.299. The third-order valence-electron chi connectivity index (χ3n) is 4.05. The van der Waals surface area contributed by atoms with Crippen LogP contribution in [-0.4, -0.2) is 29.2 Å². The molecule has 0 unspecified atom stereocenters. The standard InChI is InChI=1S/C15H18F3N3S/c1-10-3-2-5-21(6-4-10)13-12-7-11(8-15(16,17)18)22-14(12)20-9-19-13/h7,9-10H,2-6,8H2,1H3/t10-/m0/s1. The van der Waals surface area contributed by atoms with Crippen molar-refractivity contribution in [2.45, 2.75) is 38.8 Å². The lowest BCUT2D eigenvalue weighted by Crippen LogP contribution is -2.25. The highest BCUT2D eigenvalue weighted by Gasteiger charge is 2.29. The minimum atomic E-state index is -4.19. The molecule has 0 N–H and O–H groups in total. The molecule has 0 amide bonds. The van der Waals surface area contributed by atoms with E-state index in [2.05, 4.69) is 21.8 Å². The summed E-state index contributed by atoms with van der Waals surface area (Å²) < 4.78 is 37.7. The van der Waals surface area contributed by atoms with Crippen LogP contribution in [0.3, 0.4) is 0 Å². The fourth-order valence-electron chi connectivity index (χ4n) is 2.90. The van der Waals surface area contributed by atoms with E-state index in [1.165, 1.54) is 12.7 Å². The number of halogens is 3. The molecule has 1 aliphatic heterocycles. The van der Waals surface area contributed by atoms with Crippen LogP contribution in [0.2, 0.25) is 0 Å². The number of rotatable bonds is 2. The van der Waals surface area contributed by atoms with Crippen molar-refractivity contribution in [3.63, 3.8) is 0 Å². The van der Waals surface area contributed by atoms with Crippen molar-refractivity contribution < 1.29 is 13.2 Å². The maximum absolute atomic E-state index is 12.6. The molecule has 22 heavy (non-hydrogen) atoms. The van der Waals surface area contributed by atoms with Gasteiger partial charge in [-0.1, -0.05) is 6.92 Å². The van der Waals surface area contributed by atoms with Crippen LogP contribution in [0.5, 0.6) is 0 Å². The van der Waals surface area contributed by atoms with Crippen molar-refractivity contribution in [3.05, 3.63) is 17.3 Å². The molecule has 2 aromatic rings. The molecule has 3 heterocycles. The van der Waals surface area contributed by atoms with Gasteiger partial charge < -0.3 is 4.90 Å². The topological polar surface area (TPSA) is 29.0 Å². The number of nitrogens with zero attached hydrogens (tertiary/aromatic N) is 3. The van der Waals surface area contributed by atoms with E-state index in [4.69, 9.17) is 0 Å². The highest BCUT2D eigenvalue weighted by atomic mass is 32.1. The number of thiophene rings is 1. The van der Waals surface area contributed by atoms with E-state index in [9.17, 15) is 13.2 Å². The first-order valence-electron chi connectivity index (χ1n) is 7.47. The highest BCUT2D eigenvalue weighted by molar-refractivity contribution is 7.18. The van der Waals surface area contributed by atoms with Crippen molar-refractivity contribution in [3.8, 4) is 0 Å². The number of alkyl halides is 3. The van der Waals surface area contributed by atoms with Gasteiger partial charge in [0.05, 0.1) is 11.8 Å². The largest absolute Gasteiger partial charge is 0.393 e. The summed E-state index contributed by atoms with van der Waals surface area (Å²) in [4.78, 5) is 11.6. The van der Waals surface area contributed by atoms with Gasteiger partial charge in [-0.25, -0.2) is 9.97 Å². The molecular weight excluding hydrogens is 311 g/mol. The van der Waals surface area contributed by atoms with E-state index in [0.29, 0.717) is 15.6 Å². The van der Waals surface area contributed by atoms with Crippen LogP contribution in [0.1, 0.15) is 31.1 Å². The van der Waals surface area contributed by atoms with Gasteiger partial charge in [-0.15, -0.1) is 11.3 Å². The van der Waals surface area contributed by atoms with Gasteiger partial charge in [0.2, 0.25) is 0 Å². The Hall–Kier alpha value is -1.37. The lowest BCUT2D eigenvalue weighted by molar-refractivity contribution is -0.126. The molecule has 7 heteroatoms. The second-order valence-electron chi connectivity index (χ2n) is 5.94. The van der Waals surface area contributed by atoms with Gasteiger partial charge in [-0.05, 0) is 31.2 Å². The summed E-state index contributed by atoms with van der Waals surface area (Å²) in [6.45, 7) is 4.05. The molecule has 0 aliphatic carbocycles. The summed E-state index contributed by atoms with van der Waals surface area (Å²) in [6, 6.07) is 1.61. The molecule has 2 aromatic heterocycles. The van der Waals surface area contributed by atoms with Gasteiger partial charge in [0.1, 0.15) is 17.0 Å². The molecule has 1 atom stereocenters. The van der Waals surface area contributed by atoms with Gasteiger partial charge in [-0.3, -0.25) is 0 Å². The van der Waals surface area contributed by atoms with Gasteiger partial charge in [0.25, 0.3) is 0 Å². The van der Waals surface area contributed by atoms with Crippen LogP contribution in [0.25, 0.3) is 10.2 Å². The summed E-state index contributed by atoms with van der Waals surface area (Å²) >= 11 is 1.11. The summed E-state index contributed by atoms with van der Waals surface area (Å²) in [7, 11) is 0. The van der Waals surface area contributed by atoms with E-state index in [0.717, 1.165) is 48.5 Å². The van der Waals surface area contributed by atoms with Gasteiger partial charge in [0, 0.05) is 18.0 Å². The maximum atomic E-state index is 12.6. The van der Waals surface area contributed by atoms with Crippen LogP contribution >= 0.6 is 11.3 Å². The SMILES string of the molecule is C[C@H]1CCCN(c2ncnc3sc(CC(F)(F)F)cc23)CC1. The Labute approximate surface area is 131 Å². The third kappa shape index (κ3) is 3.51. The molecule has 120 valence electrons. The lowest BCUT2D eigenvalue weighted by atomic mass is 10.0. The van der Waals surface area contributed by atoms with E-state index >= 15 is 0 Å². The number of anilines is 1. The third-order valence-corrected chi connectivity index (χ3v) is 5.09. The molecule has 1 aliphatic rings. The van der Waals surface area contributed by atoms with Gasteiger partial charge in [0.15, 0.2) is 0 Å². The fourth-order valence-corrected chi connectivity index (χ4v) is 3.93. The first-order valence-corrected chi connectivity index (χ1v) is 8.29. The predicted octanol–water partition coefficient (Wildman–Crippen LogP) is 4.42. The molecule has 3 nitrogen and oxygen atoms in total. The number of aromatic nitrogens is 2. The Morgan fingerprint density at radius 3 is 2.86 bits per heavy atom. The molecule has 0 spiro atoms. The van der Waals surface area contributed by atoms with Crippen molar-refractivity contribution in [2.24, 2.45) is 5.92 Å². The summed E-state index contributed by atoms with van der Waals surface area (Å²) in [5.41, 5.74) is 0. The lowest BCUT2D eigenvalue weighted by Gasteiger charge is -2.21. The van der Waals surface area contributed by atoms with Crippen LogP contribution in [0.15, 0.2) is 12.4 Å². The number of fused-ring (bicyclic) bond motifs is 1. The van der Waals surface area contributed by atoms with Gasteiger partial charge in [-0.2, -0.15) is 13.2 Å². The first-order chi connectivity index (χ1) is 10.4. The predicted molar refractivity (Wildman–Crippen MR) is 82.4 cm³/mol. The average Bonchev–Trinajstić information content (AvgIpc) is 2.69. The van der Waals surface area contributed by atoms with Crippen molar-refractivity contribution in [2.75, 3.05) is 18.0 Å². The zero-order valence-corrected chi connectivity index (χ0v) is 13.2. The molecule has 1 saturated heterocycles. The number of hydrogen-bond donors (Lipinski definition) is 0. The first kappa shape index (κ1) is 15.5. The second-order valence-corrected chi connectivity index (χ2v) is 7.06. The van der Waals surface area contributed by atoms with Crippen LogP contribution < -0.4 is 4.90 Å². The Bertz CT molecular complexity index is 653. The van der Waals surface area contributed by atoms with Gasteiger partial charge >= 0.3 is 6.18 Å². The Morgan fingerprint density at radius 1 is 1.27 bits per heavy atom. The van der Waals surface area contributed by atoms with Crippen LogP contribution in [-0.2, 0) is 6.42 Å². The zero-order chi connectivity index (χ0) is 15.7.